The number of carbonyl (C=O) groups excluding carboxylic acids is 2. The Labute approximate surface area is 224 Å². The van der Waals surface area contributed by atoms with Crippen molar-refractivity contribution in [3.05, 3.63) is 23.0 Å². The van der Waals surface area contributed by atoms with Gasteiger partial charge in [0.15, 0.2) is 0 Å². The molecule has 0 saturated heterocycles. The molecule has 1 aliphatic heterocycles. The monoisotopic (exact) mass is 511 g/mol. The van der Waals surface area contributed by atoms with Gasteiger partial charge in [-0.1, -0.05) is 32.4 Å². The Morgan fingerprint density at radius 3 is 2.62 bits per heavy atom. The van der Waals surface area contributed by atoms with Gasteiger partial charge in [0.05, 0.1) is 5.76 Å². The lowest BCUT2D eigenvalue weighted by Crippen LogP contribution is -2.50. The number of nitrogens with one attached hydrogen (secondary N) is 1. The summed E-state index contributed by atoms with van der Waals surface area (Å²) in [5.41, 5.74) is 3.51. The number of ether oxygens (including phenoxy) is 2. The predicted molar refractivity (Wildman–Crippen MR) is 145 cm³/mol. The van der Waals surface area contributed by atoms with Crippen LogP contribution in [0, 0.1) is 40.4 Å². The molecule has 0 bridgehead atoms. The second kappa shape index (κ2) is 9.45. The highest BCUT2D eigenvalue weighted by Crippen LogP contribution is 2.71. The summed E-state index contributed by atoms with van der Waals surface area (Å²) in [5, 5.41) is 2.96. The lowest BCUT2D eigenvalue weighted by atomic mass is 9.47. The van der Waals surface area contributed by atoms with Crippen LogP contribution in [0.2, 0.25) is 0 Å². The predicted octanol–water partition coefficient (Wildman–Crippen LogP) is 6.72. The number of esters is 1. The lowest BCUT2D eigenvalue weighted by Gasteiger charge is -2.58. The lowest BCUT2D eigenvalue weighted by molar-refractivity contribution is -0.148. The van der Waals surface area contributed by atoms with Crippen molar-refractivity contribution >= 4 is 11.9 Å². The molecule has 37 heavy (non-hydrogen) atoms. The summed E-state index contributed by atoms with van der Waals surface area (Å²) in [6.45, 7) is 15.9. The first kappa shape index (κ1) is 26.8. The van der Waals surface area contributed by atoms with Crippen LogP contribution in [0.5, 0.6) is 0 Å². The van der Waals surface area contributed by atoms with Crippen molar-refractivity contribution in [1.29, 1.82) is 0 Å². The molecule has 5 aliphatic rings. The van der Waals surface area contributed by atoms with E-state index in [0.29, 0.717) is 23.2 Å². The largest absolute Gasteiger partial charge is 0.491 e. The van der Waals surface area contributed by atoms with Crippen molar-refractivity contribution < 1.29 is 19.1 Å². The molecule has 5 nitrogen and oxygen atoms in total. The first-order valence-electron chi connectivity index (χ1n) is 14.9. The zero-order valence-corrected chi connectivity index (χ0v) is 24.2. The van der Waals surface area contributed by atoms with E-state index in [0.717, 1.165) is 56.9 Å². The minimum atomic E-state index is -0.146. The third-order valence-corrected chi connectivity index (χ3v) is 11.5. The molecule has 0 aromatic rings. The zero-order chi connectivity index (χ0) is 26.8. The topological polar surface area (TPSA) is 64.6 Å². The van der Waals surface area contributed by atoms with Crippen molar-refractivity contribution in [3.63, 3.8) is 0 Å². The number of hydrogen-bond donors (Lipinski definition) is 1. The maximum absolute atomic E-state index is 11.6. The van der Waals surface area contributed by atoms with Gasteiger partial charge in [0.2, 0.25) is 5.91 Å². The van der Waals surface area contributed by atoms with Crippen LogP contribution >= 0.6 is 0 Å². The molecule has 0 radical (unpaired) electrons. The van der Waals surface area contributed by atoms with Crippen LogP contribution in [0.1, 0.15) is 106 Å². The third-order valence-electron chi connectivity index (χ3n) is 11.5. The smallest absolute Gasteiger partial charge is 0.302 e. The number of amides is 1. The van der Waals surface area contributed by atoms with Gasteiger partial charge in [-0.3, -0.25) is 9.59 Å². The number of hydrogen-bond acceptors (Lipinski definition) is 4. The van der Waals surface area contributed by atoms with Crippen LogP contribution in [0.15, 0.2) is 23.0 Å². The van der Waals surface area contributed by atoms with Gasteiger partial charge in [-0.15, -0.1) is 0 Å². The number of carbonyl (C=O) groups is 2. The summed E-state index contributed by atoms with van der Waals surface area (Å²) in [6, 6.07) is 0. The fourth-order valence-corrected chi connectivity index (χ4v) is 9.93. The normalized spacial score (nSPS) is 43.0. The first-order chi connectivity index (χ1) is 17.4. The van der Waals surface area contributed by atoms with Gasteiger partial charge in [-0.2, -0.15) is 0 Å². The molecule has 1 amide bonds. The molecule has 1 heterocycles. The zero-order valence-electron chi connectivity index (χ0n) is 24.2. The van der Waals surface area contributed by atoms with E-state index in [9.17, 15) is 9.59 Å². The van der Waals surface area contributed by atoms with Gasteiger partial charge in [-0.25, -0.2) is 0 Å². The van der Waals surface area contributed by atoms with Crippen molar-refractivity contribution in [2.24, 2.45) is 40.4 Å². The SMILES string of the molecule is CC(=O)NC[C@H](C)CCC1=C(C)[C@@H]2[C@@]3(C)CC[C@@H]4[C@H](CC=C5C[C@@H](OC(C)=O)CC[C@@]54C)[C@@H]3C[C@]2(C)O1. The van der Waals surface area contributed by atoms with E-state index >= 15 is 0 Å². The van der Waals surface area contributed by atoms with Gasteiger partial charge in [0.1, 0.15) is 11.7 Å². The fourth-order valence-electron chi connectivity index (χ4n) is 9.93. The molecule has 0 aromatic heterocycles. The van der Waals surface area contributed by atoms with E-state index < -0.39 is 0 Å². The Hall–Kier alpha value is -1.78. The Morgan fingerprint density at radius 1 is 1.16 bits per heavy atom. The Balaban J connectivity index is 1.32. The van der Waals surface area contributed by atoms with Gasteiger partial charge in [0.25, 0.3) is 0 Å². The van der Waals surface area contributed by atoms with E-state index in [1.165, 1.54) is 37.5 Å². The molecule has 5 heteroatoms. The van der Waals surface area contributed by atoms with Crippen LogP contribution in [0.3, 0.4) is 0 Å². The van der Waals surface area contributed by atoms with Crippen molar-refractivity contribution in [3.8, 4) is 0 Å². The second-order valence-corrected chi connectivity index (χ2v) is 14.0. The molecular formula is C32H49NO4. The van der Waals surface area contributed by atoms with Gasteiger partial charge in [-0.05, 0) is 98.9 Å². The van der Waals surface area contributed by atoms with Crippen molar-refractivity contribution in [2.75, 3.05) is 6.54 Å². The molecule has 206 valence electrons. The Morgan fingerprint density at radius 2 is 1.92 bits per heavy atom. The molecule has 1 N–H and O–H groups in total. The number of rotatable bonds is 6. The maximum atomic E-state index is 11.6. The maximum Gasteiger partial charge on any atom is 0.302 e. The fraction of sp³-hybridized carbons (Fsp3) is 0.812. The van der Waals surface area contributed by atoms with Gasteiger partial charge >= 0.3 is 5.97 Å². The van der Waals surface area contributed by atoms with Gasteiger partial charge in [0, 0.05) is 39.2 Å². The molecule has 3 fully saturated rings. The van der Waals surface area contributed by atoms with Crippen molar-refractivity contribution in [1.82, 2.24) is 5.32 Å². The summed E-state index contributed by atoms with van der Waals surface area (Å²) >= 11 is 0. The first-order valence-corrected chi connectivity index (χ1v) is 14.9. The van der Waals surface area contributed by atoms with Crippen LogP contribution in [-0.2, 0) is 19.1 Å². The van der Waals surface area contributed by atoms with Crippen molar-refractivity contribution in [2.45, 2.75) is 118 Å². The third kappa shape index (κ3) is 4.46. The molecule has 0 spiro atoms. The van der Waals surface area contributed by atoms with E-state index in [-0.39, 0.29) is 29.0 Å². The van der Waals surface area contributed by atoms with Crippen LogP contribution in [0.25, 0.3) is 0 Å². The van der Waals surface area contributed by atoms with Gasteiger partial charge < -0.3 is 14.8 Å². The highest BCUT2D eigenvalue weighted by Gasteiger charge is 2.67. The molecule has 0 unspecified atom stereocenters. The average molecular weight is 512 g/mol. The van der Waals surface area contributed by atoms with E-state index in [4.69, 9.17) is 9.47 Å². The highest BCUT2D eigenvalue weighted by molar-refractivity contribution is 5.72. The Kier molecular flexibility index (Phi) is 6.85. The Bertz CT molecular complexity index is 1010. The highest BCUT2D eigenvalue weighted by atomic mass is 16.5. The molecule has 0 aromatic carbocycles. The quantitative estimate of drug-likeness (QED) is 0.317. The molecule has 5 rings (SSSR count). The second-order valence-electron chi connectivity index (χ2n) is 14.0. The average Bonchev–Trinajstić information content (AvgIpc) is 3.22. The summed E-state index contributed by atoms with van der Waals surface area (Å²) in [5.74, 6) is 4.22. The van der Waals surface area contributed by atoms with E-state index in [2.05, 4.69) is 46.0 Å². The molecule has 3 saturated carbocycles. The standard InChI is InChI=1S/C32H49NO4/c1-19(18-33-21(3)34)8-11-28-20(2)29-31(6)15-13-26-25(27(31)17-32(29,7)37-28)10-9-23-16-24(36-22(4)35)12-14-30(23,26)5/h9,19,24-27,29H,8,10-18H2,1-7H3,(H,33,34)/t19-,24+,25+,26-,27+,29-,30+,31+,32+/m1/s1. The van der Waals surface area contributed by atoms with Crippen LogP contribution in [0.4, 0.5) is 0 Å². The minimum Gasteiger partial charge on any atom is -0.491 e. The molecule has 4 aliphatic carbocycles. The summed E-state index contributed by atoms with van der Waals surface area (Å²) in [6.07, 6.45) is 12.6. The van der Waals surface area contributed by atoms with Crippen LogP contribution in [-0.4, -0.2) is 30.1 Å². The van der Waals surface area contributed by atoms with Crippen LogP contribution < -0.4 is 5.32 Å². The van der Waals surface area contributed by atoms with E-state index in [1.54, 1.807) is 12.5 Å². The number of fused-ring (bicyclic) bond motifs is 7. The summed E-state index contributed by atoms with van der Waals surface area (Å²) < 4.78 is 12.5. The number of allylic oxidation sites excluding steroid dienone is 2. The van der Waals surface area contributed by atoms with E-state index in [1.807, 2.05) is 0 Å². The molecular weight excluding hydrogens is 462 g/mol. The summed E-state index contributed by atoms with van der Waals surface area (Å²) in [4.78, 5) is 22.9. The minimum absolute atomic E-state index is 0.0481. The summed E-state index contributed by atoms with van der Waals surface area (Å²) in [7, 11) is 0. The molecule has 9 atom stereocenters.